The highest BCUT2D eigenvalue weighted by molar-refractivity contribution is 5.68. The van der Waals surface area contributed by atoms with Gasteiger partial charge in [0.2, 0.25) is 0 Å². The van der Waals surface area contributed by atoms with Gasteiger partial charge in [-0.1, -0.05) is 0 Å². The molecule has 1 fully saturated rings. The molecular weight excluding hydrogens is 380 g/mol. The summed E-state index contributed by atoms with van der Waals surface area (Å²) in [6.07, 6.45) is 2.13. The molecule has 7 nitrogen and oxygen atoms in total. The topological polar surface area (TPSA) is 91.1 Å². The fraction of sp³-hybridized carbons (Fsp3) is 0.400. The smallest absolute Gasteiger partial charge is 0.407 e. The first-order chi connectivity index (χ1) is 13.7. The molecule has 2 aromatic rings. The number of hydrogen-bond donors (Lipinski definition) is 1. The molecule has 2 heterocycles. The third kappa shape index (κ3) is 4.96. The van der Waals surface area contributed by atoms with Gasteiger partial charge in [0.1, 0.15) is 29.1 Å². The van der Waals surface area contributed by atoms with Gasteiger partial charge in [-0.2, -0.15) is 5.26 Å². The molecule has 1 N–H and O–H groups in total. The zero-order valence-electron chi connectivity index (χ0n) is 16.3. The Balaban J connectivity index is 1.88. The Morgan fingerprint density at radius 3 is 2.66 bits per heavy atom. The molecule has 0 radical (unpaired) electrons. The number of nitriles is 1. The van der Waals surface area contributed by atoms with Crippen molar-refractivity contribution in [2.75, 3.05) is 18.0 Å². The van der Waals surface area contributed by atoms with E-state index in [4.69, 9.17) is 10.00 Å². The Bertz CT molecular complexity index is 937. The van der Waals surface area contributed by atoms with Crippen LogP contribution in [0.5, 0.6) is 0 Å². The van der Waals surface area contributed by atoms with E-state index < -0.39 is 35.3 Å². The van der Waals surface area contributed by atoms with Crippen LogP contribution in [0.3, 0.4) is 0 Å². The van der Waals surface area contributed by atoms with Crippen molar-refractivity contribution >= 4 is 11.9 Å². The highest BCUT2D eigenvalue weighted by Crippen LogP contribution is 2.32. The van der Waals surface area contributed by atoms with E-state index in [2.05, 4.69) is 15.3 Å². The Morgan fingerprint density at radius 1 is 1.28 bits per heavy atom. The molecule has 1 aromatic carbocycles. The lowest BCUT2D eigenvalue weighted by molar-refractivity contribution is 0.0504. The number of aromatic nitrogens is 2. The van der Waals surface area contributed by atoms with Crippen LogP contribution in [0.15, 0.2) is 30.6 Å². The summed E-state index contributed by atoms with van der Waals surface area (Å²) in [5.74, 6) is -1.18. The average Bonchev–Trinajstić information content (AvgIpc) is 3.05. The number of carbonyl (C=O) groups is 1. The van der Waals surface area contributed by atoms with E-state index in [9.17, 15) is 13.6 Å². The van der Waals surface area contributed by atoms with Crippen LogP contribution in [0.25, 0.3) is 0 Å². The van der Waals surface area contributed by atoms with Gasteiger partial charge in [0.25, 0.3) is 0 Å². The molecule has 0 bridgehead atoms. The number of anilines is 1. The number of hydrogen-bond acceptors (Lipinski definition) is 6. The predicted octanol–water partition coefficient (Wildman–Crippen LogP) is 3.12. The minimum atomic E-state index is -0.694. The molecular formula is C20H21F2N5O2. The summed E-state index contributed by atoms with van der Waals surface area (Å²) in [5, 5.41) is 11.6. The van der Waals surface area contributed by atoms with Crippen LogP contribution in [0.4, 0.5) is 19.4 Å². The summed E-state index contributed by atoms with van der Waals surface area (Å²) in [5.41, 5.74) is -0.361. The van der Waals surface area contributed by atoms with E-state index in [1.807, 2.05) is 6.07 Å². The van der Waals surface area contributed by atoms with Crippen molar-refractivity contribution in [1.29, 1.82) is 5.26 Å². The largest absolute Gasteiger partial charge is 0.444 e. The number of carbonyl (C=O) groups excluding carboxylic acids is 1. The van der Waals surface area contributed by atoms with Gasteiger partial charge in [-0.05, 0) is 44.5 Å². The van der Waals surface area contributed by atoms with Crippen LogP contribution in [-0.2, 0) is 4.74 Å². The predicted molar refractivity (Wildman–Crippen MR) is 101 cm³/mol. The second kappa shape index (κ2) is 7.99. The van der Waals surface area contributed by atoms with Crippen LogP contribution in [-0.4, -0.2) is 40.8 Å². The van der Waals surface area contributed by atoms with E-state index in [1.165, 1.54) is 12.4 Å². The lowest BCUT2D eigenvalue weighted by Crippen LogP contribution is -2.43. The van der Waals surface area contributed by atoms with Gasteiger partial charge in [0, 0.05) is 19.0 Å². The molecule has 1 amide bonds. The molecule has 9 heteroatoms. The first-order valence-corrected chi connectivity index (χ1v) is 9.08. The van der Waals surface area contributed by atoms with Crippen molar-refractivity contribution in [3.05, 3.63) is 53.5 Å². The average molecular weight is 401 g/mol. The third-order valence-electron chi connectivity index (χ3n) is 4.46. The van der Waals surface area contributed by atoms with Crippen LogP contribution in [0.2, 0.25) is 0 Å². The summed E-state index contributed by atoms with van der Waals surface area (Å²) >= 11 is 0. The van der Waals surface area contributed by atoms with E-state index >= 15 is 0 Å². The SMILES string of the molecule is CC(C)(C)OC(=O)NC1CN(c2cnc(C#N)cn2)CC1c1cc(F)ccc1F. The summed E-state index contributed by atoms with van der Waals surface area (Å²) < 4.78 is 33.5. The second-order valence-corrected chi connectivity index (χ2v) is 7.80. The maximum absolute atomic E-state index is 14.4. The lowest BCUT2D eigenvalue weighted by atomic mass is 9.94. The number of nitrogens with one attached hydrogen (secondary N) is 1. The number of amides is 1. The first-order valence-electron chi connectivity index (χ1n) is 9.08. The molecule has 2 atom stereocenters. The quantitative estimate of drug-likeness (QED) is 0.850. The van der Waals surface area contributed by atoms with Gasteiger partial charge in [-0.25, -0.2) is 23.5 Å². The monoisotopic (exact) mass is 401 g/mol. The standard InChI is InChI=1S/C20H21F2N5O2/c1-20(2,3)29-19(28)26-17-11-27(18-9-24-13(7-23)8-25-18)10-15(17)14-6-12(21)4-5-16(14)22/h4-6,8-9,15,17H,10-11H2,1-3H3,(H,26,28). The fourth-order valence-corrected chi connectivity index (χ4v) is 3.25. The number of ether oxygens (including phenoxy) is 1. The van der Waals surface area contributed by atoms with Crippen LogP contribution < -0.4 is 10.2 Å². The maximum atomic E-state index is 14.4. The summed E-state index contributed by atoms with van der Waals surface area (Å²) in [7, 11) is 0. The molecule has 1 aromatic heterocycles. The normalized spacial score (nSPS) is 19.0. The zero-order valence-corrected chi connectivity index (χ0v) is 16.3. The van der Waals surface area contributed by atoms with E-state index in [1.54, 1.807) is 25.7 Å². The summed E-state index contributed by atoms with van der Waals surface area (Å²) in [4.78, 5) is 22.3. The number of alkyl carbamates (subject to hydrolysis) is 1. The third-order valence-corrected chi connectivity index (χ3v) is 4.46. The van der Waals surface area contributed by atoms with Crippen LogP contribution in [0, 0.1) is 23.0 Å². The number of rotatable bonds is 3. The van der Waals surface area contributed by atoms with Gasteiger partial charge in [0.15, 0.2) is 5.69 Å². The van der Waals surface area contributed by atoms with Crippen molar-refractivity contribution in [1.82, 2.24) is 15.3 Å². The summed E-state index contributed by atoms with van der Waals surface area (Å²) in [6.45, 7) is 5.79. The highest BCUT2D eigenvalue weighted by atomic mass is 19.1. The van der Waals surface area contributed by atoms with E-state index in [-0.39, 0.29) is 17.8 Å². The van der Waals surface area contributed by atoms with E-state index in [0.717, 1.165) is 18.2 Å². The molecule has 152 valence electrons. The van der Waals surface area contributed by atoms with E-state index in [0.29, 0.717) is 12.4 Å². The molecule has 1 saturated heterocycles. The summed E-state index contributed by atoms with van der Waals surface area (Å²) in [6, 6.07) is 4.60. The molecule has 29 heavy (non-hydrogen) atoms. The minimum absolute atomic E-state index is 0.162. The lowest BCUT2D eigenvalue weighted by Gasteiger charge is -2.24. The Morgan fingerprint density at radius 2 is 2.03 bits per heavy atom. The van der Waals surface area contributed by atoms with Gasteiger partial charge < -0.3 is 15.0 Å². The molecule has 2 unspecified atom stereocenters. The van der Waals surface area contributed by atoms with Crippen LogP contribution in [0.1, 0.15) is 37.9 Å². The molecule has 0 spiro atoms. The molecule has 1 aliphatic heterocycles. The van der Waals surface area contributed by atoms with Crippen molar-refractivity contribution in [2.45, 2.75) is 38.3 Å². The minimum Gasteiger partial charge on any atom is -0.444 e. The molecule has 3 rings (SSSR count). The van der Waals surface area contributed by atoms with Crippen molar-refractivity contribution in [3.8, 4) is 6.07 Å². The Kier molecular flexibility index (Phi) is 5.64. The zero-order chi connectivity index (χ0) is 21.2. The second-order valence-electron chi connectivity index (χ2n) is 7.80. The van der Waals surface area contributed by atoms with Gasteiger partial charge >= 0.3 is 6.09 Å². The molecule has 1 aliphatic rings. The highest BCUT2D eigenvalue weighted by Gasteiger charge is 2.38. The number of halogens is 2. The van der Waals surface area contributed by atoms with Crippen molar-refractivity contribution in [2.24, 2.45) is 0 Å². The fourth-order valence-electron chi connectivity index (χ4n) is 3.25. The number of benzene rings is 1. The molecule has 0 saturated carbocycles. The van der Waals surface area contributed by atoms with Crippen molar-refractivity contribution in [3.63, 3.8) is 0 Å². The van der Waals surface area contributed by atoms with Crippen molar-refractivity contribution < 1.29 is 18.3 Å². The van der Waals surface area contributed by atoms with Crippen LogP contribution >= 0.6 is 0 Å². The van der Waals surface area contributed by atoms with Gasteiger partial charge in [-0.15, -0.1) is 0 Å². The maximum Gasteiger partial charge on any atom is 0.407 e. The van der Waals surface area contributed by atoms with Gasteiger partial charge in [0.05, 0.1) is 18.4 Å². The molecule has 0 aliphatic carbocycles. The van der Waals surface area contributed by atoms with Gasteiger partial charge in [-0.3, -0.25) is 0 Å². The number of nitrogens with zero attached hydrogens (tertiary/aromatic N) is 4. The first kappa shape index (κ1) is 20.5. The Labute approximate surface area is 167 Å². The Hall–Kier alpha value is -3.28.